The van der Waals surface area contributed by atoms with E-state index in [2.05, 4.69) is 22.8 Å². The van der Waals surface area contributed by atoms with Crippen LogP contribution in [0.2, 0.25) is 0 Å². The van der Waals surface area contributed by atoms with E-state index in [1.165, 1.54) is 0 Å². The van der Waals surface area contributed by atoms with Crippen LogP contribution in [-0.4, -0.2) is 42.3 Å². The van der Waals surface area contributed by atoms with Crippen LogP contribution in [0.5, 0.6) is 0 Å². The zero-order valence-electron chi connectivity index (χ0n) is 20.0. The molecule has 1 aliphatic carbocycles. The van der Waals surface area contributed by atoms with Gasteiger partial charge < -0.3 is 20.5 Å². The summed E-state index contributed by atoms with van der Waals surface area (Å²) in [5, 5.41) is 23.4. The van der Waals surface area contributed by atoms with Gasteiger partial charge in [0, 0.05) is 18.9 Å². The van der Waals surface area contributed by atoms with E-state index >= 15 is 0 Å². The fourth-order valence-electron chi connectivity index (χ4n) is 4.16. The molecule has 2 amide bonds. The number of nitrogens with one attached hydrogen (secondary N) is 2. The van der Waals surface area contributed by atoms with Gasteiger partial charge in [0.05, 0.1) is 11.5 Å². The fraction of sp³-hybridized carbons (Fsp3) is 0.407. The quantitative estimate of drug-likeness (QED) is 0.416. The van der Waals surface area contributed by atoms with Crippen LogP contribution >= 0.6 is 0 Å². The largest absolute Gasteiger partial charge is 0.481 e. The molecule has 8 nitrogen and oxygen atoms in total. The lowest BCUT2D eigenvalue weighted by Gasteiger charge is -2.22. The number of nitriles is 1. The standard InChI is InChI=1S/C27H31N3O5/c1-27(2,25(32)33)14-16-29-24(31)23(13-7-8-15-28)30-26(34)35-17-22-20-11-5-3-9-18(20)19-10-4-6-12-21(19)22/h3-6,9-12,22-23H,7-8,13-14,16-17H2,1-2H3,(H,29,31)(H,30,34)(H,32,33). The van der Waals surface area contributed by atoms with Gasteiger partial charge in [-0.05, 0) is 55.4 Å². The number of hydrogen-bond acceptors (Lipinski definition) is 5. The van der Waals surface area contributed by atoms with Crippen molar-refractivity contribution >= 4 is 18.0 Å². The summed E-state index contributed by atoms with van der Waals surface area (Å²) in [7, 11) is 0. The lowest BCUT2D eigenvalue weighted by molar-refractivity contribution is -0.147. The minimum Gasteiger partial charge on any atom is -0.481 e. The Morgan fingerprint density at radius 3 is 2.26 bits per heavy atom. The molecular weight excluding hydrogens is 446 g/mol. The monoisotopic (exact) mass is 477 g/mol. The van der Waals surface area contributed by atoms with Crippen LogP contribution in [0.15, 0.2) is 48.5 Å². The van der Waals surface area contributed by atoms with Gasteiger partial charge >= 0.3 is 12.1 Å². The Labute approximate surface area is 205 Å². The number of alkyl carbamates (subject to hydrolysis) is 1. The summed E-state index contributed by atoms with van der Waals surface area (Å²) in [5.74, 6) is -1.48. The van der Waals surface area contributed by atoms with Gasteiger partial charge in [-0.1, -0.05) is 48.5 Å². The van der Waals surface area contributed by atoms with E-state index in [0.717, 1.165) is 22.3 Å². The molecule has 184 valence electrons. The molecule has 0 aromatic heterocycles. The molecule has 0 spiro atoms. The van der Waals surface area contributed by atoms with Crippen LogP contribution in [0.25, 0.3) is 11.1 Å². The maximum absolute atomic E-state index is 12.7. The lowest BCUT2D eigenvalue weighted by atomic mass is 9.89. The summed E-state index contributed by atoms with van der Waals surface area (Å²) in [6.45, 7) is 3.44. The number of hydrogen-bond donors (Lipinski definition) is 3. The summed E-state index contributed by atoms with van der Waals surface area (Å²) >= 11 is 0. The number of carbonyl (C=O) groups excluding carboxylic acids is 2. The molecule has 35 heavy (non-hydrogen) atoms. The first-order chi connectivity index (χ1) is 16.7. The third kappa shape index (κ3) is 6.38. The van der Waals surface area contributed by atoms with Crippen molar-refractivity contribution in [3.63, 3.8) is 0 Å². The highest BCUT2D eigenvalue weighted by atomic mass is 16.5. The number of rotatable bonds is 11. The molecule has 0 radical (unpaired) electrons. The Hall–Kier alpha value is -3.86. The second-order valence-corrected chi connectivity index (χ2v) is 9.30. The van der Waals surface area contributed by atoms with Crippen LogP contribution in [-0.2, 0) is 14.3 Å². The number of benzene rings is 2. The first kappa shape index (κ1) is 25.8. The van der Waals surface area contributed by atoms with Gasteiger partial charge in [-0.3, -0.25) is 9.59 Å². The number of carboxylic acid groups (broad SMARTS) is 1. The summed E-state index contributed by atoms with van der Waals surface area (Å²) in [6, 6.07) is 17.2. The number of nitrogens with zero attached hydrogens (tertiary/aromatic N) is 1. The molecule has 0 saturated carbocycles. The maximum atomic E-state index is 12.7. The summed E-state index contributed by atoms with van der Waals surface area (Å²) < 4.78 is 5.54. The van der Waals surface area contributed by atoms with Gasteiger partial charge in [-0.15, -0.1) is 0 Å². The Bertz CT molecular complexity index is 1080. The summed E-state index contributed by atoms with van der Waals surface area (Å²) in [6.07, 6.45) is 0.478. The number of fused-ring (bicyclic) bond motifs is 3. The normalized spacial score (nSPS) is 13.2. The van der Waals surface area contributed by atoms with Crippen molar-refractivity contribution in [2.24, 2.45) is 5.41 Å². The van der Waals surface area contributed by atoms with Gasteiger partial charge in [-0.25, -0.2) is 4.79 Å². The zero-order chi connectivity index (χ0) is 25.4. The SMILES string of the molecule is CC(C)(CCNC(=O)C(CCCC#N)NC(=O)OCC1c2ccccc2-c2ccccc21)C(=O)O. The van der Waals surface area contributed by atoms with E-state index in [-0.39, 0.29) is 38.3 Å². The molecule has 0 saturated heterocycles. The molecule has 8 heteroatoms. The topological polar surface area (TPSA) is 129 Å². The first-order valence-electron chi connectivity index (χ1n) is 11.7. The first-order valence-corrected chi connectivity index (χ1v) is 11.7. The number of carboxylic acids is 1. The van der Waals surface area contributed by atoms with Gasteiger partial charge in [-0.2, -0.15) is 5.26 Å². The van der Waals surface area contributed by atoms with Gasteiger partial charge in [0.25, 0.3) is 0 Å². The van der Waals surface area contributed by atoms with Crippen molar-refractivity contribution in [1.82, 2.24) is 10.6 Å². The summed E-state index contributed by atoms with van der Waals surface area (Å²) in [5.41, 5.74) is 3.44. The predicted octanol–water partition coefficient (Wildman–Crippen LogP) is 4.20. The van der Waals surface area contributed by atoms with Crippen molar-refractivity contribution in [3.8, 4) is 17.2 Å². The van der Waals surface area contributed by atoms with E-state index < -0.39 is 29.4 Å². The molecule has 1 atom stereocenters. The molecule has 0 heterocycles. The molecule has 0 aliphatic heterocycles. The second kappa shape index (κ2) is 11.5. The highest BCUT2D eigenvalue weighted by molar-refractivity contribution is 5.86. The minimum atomic E-state index is -0.982. The smallest absolute Gasteiger partial charge is 0.407 e. The number of unbranched alkanes of at least 4 members (excludes halogenated alkanes) is 1. The molecule has 2 aromatic carbocycles. The van der Waals surface area contributed by atoms with Gasteiger partial charge in [0.1, 0.15) is 12.6 Å². The average molecular weight is 478 g/mol. The van der Waals surface area contributed by atoms with Crippen LogP contribution in [0.1, 0.15) is 56.6 Å². The Balaban J connectivity index is 1.60. The van der Waals surface area contributed by atoms with E-state index in [1.807, 2.05) is 42.5 Å². The predicted molar refractivity (Wildman–Crippen MR) is 131 cm³/mol. The van der Waals surface area contributed by atoms with Crippen LogP contribution in [0.3, 0.4) is 0 Å². The minimum absolute atomic E-state index is 0.0998. The Morgan fingerprint density at radius 2 is 1.69 bits per heavy atom. The number of carbonyl (C=O) groups is 3. The number of amides is 2. The fourth-order valence-corrected chi connectivity index (χ4v) is 4.16. The van der Waals surface area contributed by atoms with E-state index in [4.69, 9.17) is 10.00 Å². The number of aliphatic carboxylic acids is 1. The van der Waals surface area contributed by atoms with Gasteiger partial charge in [0.15, 0.2) is 0 Å². The molecule has 3 rings (SSSR count). The van der Waals surface area contributed by atoms with Crippen molar-refractivity contribution in [3.05, 3.63) is 59.7 Å². The Kier molecular flexibility index (Phi) is 8.48. The van der Waals surface area contributed by atoms with Crippen molar-refractivity contribution in [2.45, 2.75) is 51.5 Å². The van der Waals surface area contributed by atoms with E-state index in [0.29, 0.717) is 6.42 Å². The van der Waals surface area contributed by atoms with E-state index in [9.17, 15) is 19.5 Å². The molecule has 0 bridgehead atoms. The summed E-state index contributed by atoms with van der Waals surface area (Å²) in [4.78, 5) is 36.6. The third-order valence-corrected chi connectivity index (χ3v) is 6.36. The third-order valence-electron chi connectivity index (χ3n) is 6.36. The molecule has 3 N–H and O–H groups in total. The van der Waals surface area contributed by atoms with E-state index in [1.54, 1.807) is 13.8 Å². The van der Waals surface area contributed by atoms with Crippen LogP contribution in [0, 0.1) is 16.7 Å². The number of ether oxygens (including phenoxy) is 1. The lowest BCUT2D eigenvalue weighted by Crippen LogP contribution is -2.47. The molecule has 0 fully saturated rings. The maximum Gasteiger partial charge on any atom is 0.407 e. The second-order valence-electron chi connectivity index (χ2n) is 9.30. The van der Waals surface area contributed by atoms with Crippen molar-refractivity contribution in [2.75, 3.05) is 13.2 Å². The highest BCUT2D eigenvalue weighted by Gasteiger charge is 2.30. The van der Waals surface area contributed by atoms with Crippen LogP contribution < -0.4 is 10.6 Å². The molecular formula is C27H31N3O5. The Morgan fingerprint density at radius 1 is 1.09 bits per heavy atom. The highest BCUT2D eigenvalue weighted by Crippen LogP contribution is 2.44. The van der Waals surface area contributed by atoms with Crippen molar-refractivity contribution < 1.29 is 24.2 Å². The van der Waals surface area contributed by atoms with Gasteiger partial charge in [0.2, 0.25) is 5.91 Å². The van der Waals surface area contributed by atoms with Crippen molar-refractivity contribution in [1.29, 1.82) is 5.26 Å². The average Bonchev–Trinajstić information content (AvgIpc) is 3.15. The molecule has 1 aliphatic rings. The van der Waals surface area contributed by atoms with Crippen LogP contribution in [0.4, 0.5) is 4.79 Å². The zero-order valence-corrected chi connectivity index (χ0v) is 20.0. The molecule has 1 unspecified atom stereocenters. The molecule has 2 aromatic rings.